The van der Waals surface area contributed by atoms with E-state index >= 15 is 0 Å². The van der Waals surface area contributed by atoms with E-state index in [1.165, 1.54) is 0 Å². The third-order valence-corrected chi connectivity index (χ3v) is 5.70. The molecular formula is C20H22BN5O3. The summed E-state index contributed by atoms with van der Waals surface area (Å²) in [5, 5.41) is 16.1. The van der Waals surface area contributed by atoms with Crippen molar-refractivity contribution in [1.82, 2.24) is 9.97 Å². The molecule has 2 N–H and O–H groups in total. The molecular weight excluding hydrogens is 369 g/mol. The zero-order chi connectivity index (χ0) is 19.8. The number of hydrogen-bond acceptors (Lipinski definition) is 8. The molecule has 3 aliphatic rings. The van der Waals surface area contributed by atoms with Crippen molar-refractivity contribution in [2.75, 3.05) is 23.8 Å². The molecule has 148 valence electrons. The van der Waals surface area contributed by atoms with Crippen LogP contribution in [-0.4, -0.2) is 36.3 Å². The van der Waals surface area contributed by atoms with Crippen molar-refractivity contribution in [1.29, 1.82) is 5.26 Å². The molecule has 1 aliphatic carbocycles. The minimum atomic E-state index is -0.345. The van der Waals surface area contributed by atoms with Crippen LogP contribution in [0.4, 0.5) is 17.5 Å². The molecule has 0 bridgehead atoms. The first-order valence-electron chi connectivity index (χ1n) is 10.0. The van der Waals surface area contributed by atoms with Crippen LogP contribution in [0.15, 0.2) is 18.3 Å². The SMILES string of the molecule is Cc1cnc(Nc2cc3c4c(c2)OCCOB4OC3)nc1N[C@@H]1CCC[C@H]1C#N. The Morgan fingerprint density at radius 1 is 1.24 bits per heavy atom. The Morgan fingerprint density at radius 3 is 3.07 bits per heavy atom. The second-order valence-electron chi connectivity index (χ2n) is 7.68. The van der Waals surface area contributed by atoms with Gasteiger partial charge in [-0.1, -0.05) is 0 Å². The van der Waals surface area contributed by atoms with Crippen LogP contribution in [0, 0.1) is 24.2 Å². The highest BCUT2D eigenvalue weighted by Gasteiger charge is 2.36. The smallest absolute Gasteiger partial charge is 0.492 e. The van der Waals surface area contributed by atoms with Gasteiger partial charge in [0.2, 0.25) is 5.95 Å². The highest BCUT2D eigenvalue weighted by Crippen LogP contribution is 2.30. The lowest BCUT2D eigenvalue weighted by molar-refractivity contribution is 0.180. The molecule has 0 unspecified atom stereocenters. The van der Waals surface area contributed by atoms with Crippen LogP contribution in [0.3, 0.4) is 0 Å². The van der Waals surface area contributed by atoms with Gasteiger partial charge in [0.05, 0.1) is 25.2 Å². The number of nitrogens with zero attached hydrogens (tertiary/aromatic N) is 3. The van der Waals surface area contributed by atoms with E-state index in [1.807, 2.05) is 19.1 Å². The summed E-state index contributed by atoms with van der Waals surface area (Å²) in [7, 11) is -0.345. The van der Waals surface area contributed by atoms with Gasteiger partial charge in [-0.05, 0) is 37.8 Å². The molecule has 2 aliphatic heterocycles. The summed E-state index contributed by atoms with van der Waals surface area (Å²) in [5.41, 5.74) is 3.82. The van der Waals surface area contributed by atoms with Crippen LogP contribution in [0.2, 0.25) is 0 Å². The summed E-state index contributed by atoms with van der Waals surface area (Å²) in [6.45, 7) is 3.45. The number of benzene rings is 1. The van der Waals surface area contributed by atoms with E-state index in [0.29, 0.717) is 25.8 Å². The maximum Gasteiger partial charge on any atom is 0.498 e. The van der Waals surface area contributed by atoms with Gasteiger partial charge in [-0.15, -0.1) is 0 Å². The molecule has 3 heterocycles. The first-order valence-corrected chi connectivity index (χ1v) is 10.0. The van der Waals surface area contributed by atoms with Crippen molar-refractivity contribution in [3.05, 3.63) is 29.5 Å². The predicted molar refractivity (Wildman–Crippen MR) is 108 cm³/mol. The van der Waals surface area contributed by atoms with Crippen LogP contribution >= 0.6 is 0 Å². The predicted octanol–water partition coefficient (Wildman–Crippen LogP) is 2.27. The van der Waals surface area contributed by atoms with Gasteiger partial charge in [0.1, 0.15) is 18.2 Å². The number of nitriles is 1. The van der Waals surface area contributed by atoms with Crippen LogP contribution in [0.5, 0.6) is 5.75 Å². The number of rotatable bonds is 4. The van der Waals surface area contributed by atoms with E-state index < -0.39 is 0 Å². The molecule has 0 radical (unpaired) electrons. The second-order valence-corrected chi connectivity index (χ2v) is 7.68. The zero-order valence-electron chi connectivity index (χ0n) is 16.3. The normalized spacial score (nSPS) is 22.4. The van der Waals surface area contributed by atoms with Gasteiger partial charge in [0.25, 0.3) is 0 Å². The van der Waals surface area contributed by atoms with Crippen molar-refractivity contribution >= 4 is 30.0 Å². The minimum absolute atomic E-state index is 0.0295. The molecule has 2 aromatic rings. The molecule has 1 aromatic heterocycles. The fraction of sp³-hybridized carbons (Fsp3) is 0.450. The average Bonchev–Trinajstić information content (AvgIpc) is 3.28. The molecule has 5 rings (SSSR count). The van der Waals surface area contributed by atoms with Gasteiger partial charge in [-0.25, -0.2) is 4.98 Å². The molecule has 2 atom stereocenters. The molecule has 0 spiro atoms. The number of aromatic nitrogens is 2. The number of aryl methyl sites for hydroxylation is 1. The highest BCUT2D eigenvalue weighted by molar-refractivity contribution is 6.64. The van der Waals surface area contributed by atoms with Gasteiger partial charge in [0.15, 0.2) is 0 Å². The van der Waals surface area contributed by atoms with Crippen LogP contribution in [-0.2, 0) is 15.9 Å². The summed E-state index contributed by atoms with van der Waals surface area (Å²) >= 11 is 0. The summed E-state index contributed by atoms with van der Waals surface area (Å²) in [5.74, 6) is 2.07. The van der Waals surface area contributed by atoms with E-state index in [-0.39, 0.29) is 19.1 Å². The Bertz CT molecular complexity index is 979. The molecule has 1 aromatic carbocycles. The summed E-state index contributed by atoms with van der Waals surface area (Å²) in [4.78, 5) is 9.08. The maximum absolute atomic E-state index is 9.34. The van der Waals surface area contributed by atoms with Gasteiger partial charge in [-0.3, -0.25) is 0 Å². The monoisotopic (exact) mass is 391 g/mol. The van der Waals surface area contributed by atoms with Gasteiger partial charge >= 0.3 is 7.12 Å². The fourth-order valence-corrected chi connectivity index (χ4v) is 4.19. The van der Waals surface area contributed by atoms with E-state index in [9.17, 15) is 5.26 Å². The second kappa shape index (κ2) is 7.54. The molecule has 0 saturated heterocycles. The number of ether oxygens (including phenoxy) is 1. The number of hydrogen-bond donors (Lipinski definition) is 2. The topological polar surface area (TPSA) is 101 Å². The molecule has 9 heteroatoms. The van der Waals surface area contributed by atoms with E-state index in [1.54, 1.807) is 6.20 Å². The Balaban J connectivity index is 1.39. The van der Waals surface area contributed by atoms with Gasteiger partial charge in [-0.2, -0.15) is 10.2 Å². The number of nitrogens with one attached hydrogen (secondary N) is 2. The van der Waals surface area contributed by atoms with E-state index in [4.69, 9.17) is 14.0 Å². The highest BCUT2D eigenvalue weighted by atomic mass is 16.6. The molecule has 8 nitrogen and oxygen atoms in total. The molecule has 1 fully saturated rings. The Morgan fingerprint density at radius 2 is 2.17 bits per heavy atom. The van der Waals surface area contributed by atoms with Crippen molar-refractivity contribution < 1.29 is 14.0 Å². The van der Waals surface area contributed by atoms with Crippen molar-refractivity contribution in [2.24, 2.45) is 5.92 Å². The minimum Gasteiger partial charge on any atom is -0.492 e. The lowest BCUT2D eigenvalue weighted by Gasteiger charge is -2.18. The maximum atomic E-state index is 9.34. The van der Waals surface area contributed by atoms with Gasteiger partial charge in [0, 0.05) is 35.0 Å². The molecule has 1 saturated carbocycles. The Kier molecular flexibility index (Phi) is 4.74. The van der Waals surface area contributed by atoms with Gasteiger partial charge < -0.3 is 24.7 Å². The van der Waals surface area contributed by atoms with Crippen molar-refractivity contribution in [2.45, 2.75) is 38.8 Å². The first kappa shape index (κ1) is 18.2. The largest absolute Gasteiger partial charge is 0.498 e. The van der Waals surface area contributed by atoms with Crippen LogP contribution < -0.4 is 20.8 Å². The summed E-state index contributed by atoms with van der Waals surface area (Å²) in [6, 6.07) is 6.50. The third-order valence-electron chi connectivity index (χ3n) is 5.70. The first-order chi connectivity index (χ1) is 14.2. The van der Waals surface area contributed by atoms with Crippen molar-refractivity contribution in [3.63, 3.8) is 0 Å². The Hall–Kier alpha value is -2.83. The lowest BCUT2D eigenvalue weighted by Crippen LogP contribution is -2.31. The number of anilines is 3. The Labute approximate surface area is 169 Å². The average molecular weight is 391 g/mol. The van der Waals surface area contributed by atoms with Crippen molar-refractivity contribution in [3.8, 4) is 11.8 Å². The third kappa shape index (κ3) is 3.50. The fourth-order valence-electron chi connectivity index (χ4n) is 4.19. The van der Waals surface area contributed by atoms with E-state index in [2.05, 4.69) is 26.7 Å². The van der Waals surface area contributed by atoms with Crippen LogP contribution in [0.1, 0.15) is 30.4 Å². The summed E-state index contributed by atoms with van der Waals surface area (Å²) in [6.07, 6.45) is 4.78. The standard InChI is InChI=1S/C20H22BN5O3/c1-12-10-23-20(26-19(12)25-16-4-2-3-13(16)9-22)24-15-7-14-11-29-21-18(14)17(8-15)27-5-6-28-21/h7-8,10,13,16H,2-6,11H2,1H3,(H2,23,24,25,26)/t13-,16+/m0/s1. The zero-order valence-corrected chi connectivity index (χ0v) is 16.3. The molecule has 29 heavy (non-hydrogen) atoms. The summed E-state index contributed by atoms with van der Waals surface area (Å²) < 4.78 is 17.2. The molecule has 0 amide bonds. The lowest BCUT2D eigenvalue weighted by atomic mass is 9.78. The van der Waals surface area contributed by atoms with E-state index in [0.717, 1.165) is 53.1 Å². The quantitative estimate of drug-likeness (QED) is 0.766. The van der Waals surface area contributed by atoms with Crippen LogP contribution in [0.25, 0.3) is 0 Å².